The standard InChI is InChI=1S/C13H20O4/c1-8(2)11-5-13(9(3)4-12(11)16)17-7-10(15)6-14/h4-5,8,10,14-16H,6-7H2,1-3H3. The number of phenols is 1. The Balaban J connectivity index is 2.88. The summed E-state index contributed by atoms with van der Waals surface area (Å²) in [6.45, 7) is 5.51. The molecule has 0 saturated heterocycles. The van der Waals surface area contributed by atoms with E-state index in [1.165, 1.54) is 0 Å². The second-order valence-corrected chi connectivity index (χ2v) is 4.48. The molecule has 1 aromatic rings. The van der Waals surface area contributed by atoms with Gasteiger partial charge in [-0.15, -0.1) is 0 Å². The van der Waals surface area contributed by atoms with E-state index in [0.717, 1.165) is 11.1 Å². The van der Waals surface area contributed by atoms with Gasteiger partial charge in [0.05, 0.1) is 6.61 Å². The number of ether oxygens (including phenoxy) is 1. The molecule has 3 N–H and O–H groups in total. The van der Waals surface area contributed by atoms with Crippen molar-refractivity contribution in [2.75, 3.05) is 13.2 Å². The summed E-state index contributed by atoms with van der Waals surface area (Å²) in [5.41, 5.74) is 1.61. The third kappa shape index (κ3) is 3.61. The zero-order chi connectivity index (χ0) is 13.0. The summed E-state index contributed by atoms with van der Waals surface area (Å²) in [5, 5.41) is 27.7. The minimum atomic E-state index is -0.884. The van der Waals surface area contributed by atoms with Crippen LogP contribution in [0.4, 0.5) is 0 Å². The molecule has 0 fully saturated rings. The molecule has 1 aromatic carbocycles. The zero-order valence-electron chi connectivity index (χ0n) is 10.5. The first-order chi connectivity index (χ1) is 7.95. The van der Waals surface area contributed by atoms with E-state index in [2.05, 4.69) is 0 Å². The lowest BCUT2D eigenvalue weighted by atomic mass is 10.00. The Labute approximate surface area is 101 Å². The van der Waals surface area contributed by atoms with Crippen LogP contribution >= 0.6 is 0 Å². The molecule has 4 heteroatoms. The Morgan fingerprint density at radius 1 is 1.29 bits per heavy atom. The van der Waals surface area contributed by atoms with Crippen LogP contribution in [0.25, 0.3) is 0 Å². The van der Waals surface area contributed by atoms with Crippen LogP contribution in [0.15, 0.2) is 12.1 Å². The maximum atomic E-state index is 9.76. The van der Waals surface area contributed by atoms with Crippen molar-refractivity contribution in [2.45, 2.75) is 32.8 Å². The van der Waals surface area contributed by atoms with E-state index in [1.807, 2.05) is 20.8 Å². The van der Waals surface area contributed by atoms with Crippen LogP contribution in [0, 0.1) is 6.92 Å². The summed E-state index contributed by atoms with van der Waals surface area (Å²) in [4.78, 5) is 0. The van der Waals surface area contributed by atoms with Gasteiger partial charge in [-0.3, -0.25) is 0 Å². The zero-order valence-corrected chi connectivity index (χ0v) is 10.5. The number of aromatic hydroxyl groups is 1. The second-order valence-electron chi connectivity index (χ2n) is 4.48. The predicted molar refractivity (Wildman–Crippen MR) is 65.5 cm³/mol. The highest BCUT2D eigenvalue weighted by molar-refractivity contribution is 5.46. The molecule has 1 atom stereocenters. The first-order valence-corrected chi connectivity index (χ1v) is 5.71. The molecule has 0 aliphatic carbocycles. The molecular weight excluding hydrogens is 220 g/mol. The maximum Gasteiger partial charge on any atom is 0.122 e. The third-order valence-electron chi connectivity index (χ3n) is 2.59. The quantitative estimate of drug-likeness (QED) is 0.730. The van der Waals surface area contributed by atoms with Crippen molar-refractivity contribution >= 4 is 0 Å². The summed E-state index contributed by atoms with van der Waals surface area (Å²) >= 11 is 0. The van der Waals surface area contributed by atoms with E-state index in [0.29, 0.717) is 5.75 Å². The van der Waals surface area contributed by atoms with Gasteiger partial charge in [0.15, 0.2) is 0 Å². The van der Waals surface area contributed by atoms with Gasteiger partial charge in [-0.25, -0.2) is 0 Å². The molecule has 17 heavy (non-hydrogen) atoms. The van der Waals surface area contributed by atoms with Gasteiger partial charge in [0.2, 0.25) is 0 Å². The molecule has 0 saturated carbocycles. The van der Waals surface area contributed by atoms with Crippen LogP contribution in [0.3, 0.4) is 0 Å². The number of aliphatic hydroxyl groups is 2. The second kappa shape index (κ2) is 5.89. The third-order valence-corrected chi connectivity index (χ3v) is 2.59. The number of aliphatic hydroxyl groups excluding tert-OH is 2. The number of hydrogen-bond donors (Lipinski definition) is 3. The fraction of sp³-hybridized carbons (Fsp3) is 0.538. The minimum absolute atomic E-state index is 0.0413. The summed E-state index contributed by atoms with van der Waals surface area (Å²) in [6.07, 6.45) is -0.884. The van der Waals surface area contributed by atoms with E-state index >= 15 is 0 Å². The van der Waals surface area contributed by atoms with Gasteiger partial charge in [-0.1, -0.05) is 13.8 Å². The molecule has 1 unspecified atom stereocenters. The van der Waals surface area contributed by atoms with Gasteiger partial charge >= 0.3 is 0 Å². The molecule has 1 rings (SSSR count). The molecule has 0 aliphatic rings. The highest BCUT2D eigenvalue weighted by atomic mass is 16.5. The van der Waals surface area contributed by atoms with E-state index in [9.17, 15) is 10.2 Å². The molecular formula is C13H20O4. The van der Waals surface area contributed by atoms with Crippen molar-refractivity contribution in [3.05, 3.63) is 23.3 Å². The monoisotopic (exact) mass is 240 g/mol. The van der Waals surface area contributed by atoms with Crippen LogP contribution < -0.4 is 4.74 Å². The van der Waals surface area contributed by atoms with Crippen LogP contribution in [0.5, 0.6) is 11.5 Å². The molecule has 0 aromatic heterocycles. The van der Waals surface area contributed by atoms with Crippen molar-refractivity contribution in [2.24, 2.45) is 0 Å². The van der Waals surface area contributed by atoms with Crippen molar-refractivity contribution in [1.82, 2.24) is 0 Å². The summed E-state index contributed by atoms with van der Waals surface area (Å²) in [6, 6.07) is 3.43. The lowest BCUT2D eigenvalue weighted by Crippen LogP contribution is -2.21. The summed E-state index contributed by atoms with van der Waals surface area (Å²) in [5.74, 6) is 1.08. The lowest BCUT2D eigenvalue weighted by molar-refractivity contribution is 0.0533. The first-order valence-electron chi connectivity index (χ1n) is 5.71. The Morgan fingerprint density at radius 2 is 1.94 bits per heavy atom. The highest BCUT2D eigenvalue weighted by Crippen LogP contribution is 2.32. The summed E-state index contributed by atoms with van der Waals surface area (Å²) in [7, 11) is 0. The van der Waals surface area contributed by atoms with Gasteiger partial charge in [-0.2, -0.15) is 0 Å². The van der Waals surface area contributed by atoms with Crippen LogP contribution in [0.1, 0.15) is 30.9 Å². The average molecular weight is 240 g/mol. The smallest absolute Gasteiger partial charge is 0.122 e. The largest absolute Gasteiger partial charge is 0.508 e. The molecule has 4 nitrogen and oxygen atoms in total. The SMILES string of the molecule is Cc1cc(O)c(C(C)C)cc1OCC(O)CO. The number of rotatable bonds is 5. The number of aryl methyl sites for hydroxylation is 1. The number of benzene rings is 1. The average Bonchev–Trinajstić information content (AvgIpc) is 2.26. The molecule has 0 bridgehead atoms. The van der Waals surface area contributed by atoms with E-state index < -0.39 is 6.10 Å². The number of phenolic OH excluding ortho intramolecular Hbond substituents is 1. The fourth-order valence-corrected chi connectivity index (χ4v) is 1.55. The van der Waals surface area contributed by atoms with E-state index in [4.69, 9.17) is 9.84 Å². The summed E-state index contributed by atoms with van der Waals surface area (Å²) < 4.78 is 5.41. The topological polar surface area (TPSA) is 69.9 Å². The van der Waals surface area contributed by atoms with Crippen LogP contribution in [-0.2, 0) is 0 Å². The van der Waals surface area contributed by atoms with E-state index in [-0.39, 0.29) is 24.9 Å². The van der Waals surface area contributed by atoms with Crippen molar-refractivity contribution in [3.8, 4) is 11.5 Å². The molecule has 0 amide bonds. The van der Waals surface area contributed by atoms with Crippen molar-refractivity contribution in [3.63, 3.8) is 0 Å². The fourth-order valence-electron chi connectivity index (χ4n) is 1.55. The van der Waals surface area contributed by atoms with Crippen LogP contribution in [-0.4, -0.2) is 34.6 Å². The van der Waals surface area contributed by atoms with Crippen molar-refractivity contribution < 1.29 is 20.1 Å². The lowest BCUT2D eigenvalue weighted by Gasteiger charge is -2.15. The molecule has 0 radical (unpaired) electrons. The molecule has 0 spiro atoms. The Morgan fingerprint density at radius 3 is 2.47 bits per heavy atom. The van der Waals surface area contributed by atoms with Gasteiger partial charge in [-0.05, 0) is 30.5 Å². The van der Waals surface area contributed by atoms with Crippen molar-refractivity contribution in [1.29, 1.82) is 0 Å². The van der Waals surface area contributed by atoms with Gasteiger partial charge in [0, 0.05) is 5.56 Å². The van der Waals surface area contributed by atoms with Gasteiger partial charge in [0.1, 0.15) is 24.2 Å². The molecule has 0 heterocycles. The Hall–Kier alpha value is -1.26. The number of hydrogen-bond acceptors (Lipinski definition) is 4. The molecule has 0 aliphatic heterocycles. The highest BCUT2D eigenvalue weighted by Gasteiger charge is 2.12. The predicted octanol–water partition coefficient (Wildman–Crippen LogP) is 1.56. The molecule has 96 valence electrons. The Kier molecular flexibility index (Phi) is 4.78. The normalized spacial score (nSPS) is 12.8. The van der Waals surface area contributed by atoms with E-state index in [1.54, 1.807) is 12.1 Å². The first kappa shape index (κ1) is 13.8. The maximum absolute atomic E-state index is 9.76. The Bertz CT molecular complexity index is 374. The van der Waals surface area contributed by atoms with Gasteiger partial charge < -0.3 is 20.1 Å². The van der Waals surface area contributed by atoms with Gasteiger partial charge in [0.25, 0.3) is 0 Å². The van der Waals surface area contributed by atoms with Crippen LogP contribution in [0.2, 0.25) is 0 Å². The minimum Gasteiger partial charge on any atom is -0.508 e.